The molecule has 0 unspecified atom stereocenters. The third-order valence-corrected chi connectivity index (χ3v) is 3.50. The van der Waals surface area contributed by atoms with Crippen LogP contribution in [0.4, 0.5) is 4.39 Å². The van der Waals surface area contributed by atoms with E-state index in [9.17, 15) is 4.39 Å². The van der Waals surface area contributed by atoms with Crippen LogP contribution in [0.2, 0.25) is 0 Å². The van der Waals surface area contributed by atoms with Gasteiger partial charge < -0.3 is 4.42 Å². The summed E-state index contributed by atoms with van der Waals surface area (Å²) in [6, 6.07) is 8.75. The SMILES string of the molecule is Fc1cc(Br)cc(CSCc2ccco2)c1. The van der Waals surface area contributed by atoms with Gasteiger partial charge in [-0.3, -0.25) is 0 Å². The first-order chi connectivity index (χ1) is 7.74. The molecule has 1 nitrogen and oxygen atoms in total. The highest BCUT2D eigenvalue weighted by Gasteiger charge is 2.01. The van der Waals surface area contributed by atoms with Gasteiger partial charge in [0.15, 0.2) is 0 Å². The Morgan fingerprint density at radius 2 is 2.12 bits per heavy atom. The van der Waals surface area contributed by atoms with E-state index in [1.165, 1.54) is 6.07 Å². The van der Waals surface area contributed by atoms with Gasteiger partial charge in [-0.15, -0.1) is 11.8 Å². The van der Waals surface area contributed by atoms with E-state index in [0.29, 0.717) is 0 Å². The molecular weight excluding hydrogens is 291 g/mol. The van der Waals surface area contributed by atoms with Crippen molar-refractivity contribution in [2.24, 2.45) is 0 Å². The molecular formula is C12H10BrFOS. The smallest absolute Gasteiger partial charge is 0.124 e. The molecule has 0 aliphatic rings. The van der Waals surface area contributed by atoms with Gasteiger partial charge in [0.1, 0.15) is 11.6 Å². The summed E-state index contributed by atoms with van der Waals surface area (Å²) >= 11 is 4.98. The fraction of sp³-hybridized carbons (Fsp3) is 0.167. The van der Waals surface area contributed by atoms with Gasteiger partial charge >= 0.3 is 0 Å². The van der Waals surface area contributed by atoms with Gasteiger partial charge in [0, 0.05) is 10.2 Å². The lowest BCUT2D eigenvalue weighted by molar-refractivity contribution is 0.530. The molecule has 1 heterocycles. The van der Waals surface area contributed by atoms with Crippen molar-refractivity contribution in [3.63, 3.8) is 0 Å². The lowest BCUT2D eigenvalue weighted by Gasteiger charge is -2.02. The van der Waals surface area contributed by atoms with E-state index < -0.39 is 0 Å². The maximum Gasteiger partial charge on any atom is 0.124 e. The quantitative estimate of drug-likeness (QED) is 0.817. The number of benzene rings is 1. The second kappa shape index (κ2) is 5.55. The normalized spacial score (nSPS) is 10.6. The van der Waals surface area contributed by atoms with E-state index in [1.807, 2.05) is 18.2 Å². The number of halogens is 2. The second-order valence-corrected chi connectivity index (χ2v) is 5.25. The average Bonchev–Trinajstić information content (AvgIpc) is 2.69. The van der Waals surface area contributed by atoms with Gasteiger partial charge in [0.25, 0.3) is 0 Å². The van der Waals surface area contributed by atoms with Crippen LogP contribution in [-0.4, -0.2) is 0 Å². The van der Waals surface area contributed by atoms with Crippen LogP contribution in [0.15, 0.2) is 45.5 Å². The Kier molecular flexibility index (Phi) is 4.07. The maximum absolute atomic E-state index is 13.1. The highest BCUT2D eigenvalue weighted by Crippen LogP contribution is 2.21. The molecule has 0 fully saturated rings. The molecule has 1 aromatic carbocycles. The molecule has 2 rings (SSSR count). The van der Waals surface area contributed by atoms with Crippen molar-refractivity contribution in [1.29, 1.82) is 0 Å². The van der Waals surface area contributed by atoms with Crippen molar-refractivity contribution in [1.82, 2.24) is 0 Å². The van der Waals surface area contributed by atoms with Crippen LogP contribution in [0.3, 0.4) is 0 Å². The predicted molar refractivity (Wildman–Crippen MR) is 67.8 cm³/mol. The Morgan fingerprint density at radius 1 is 1.25 bits per heavy atom. The maximum atomic E-state index is 13.1. The van der Waals surface area contributed by atoms with Crippen molar-refractivity contribution < 1.29 is 8.81 Å². The molecule has 1 aromatic heterocycles. The molecule has 16 heavy (non-hydrogen) atoms. The molecule has 0 N–H and O–H groups in total. The van der Waals surface area contributed by atoms with Gasteiger partial charge in [-0.2, -0.15) is 0 Å². The lowest BCUT2D eigenvalue weighted by Crippen LogP contribution is -1.84. The van der Waals surface area contributed by atoms with E-state index in [0.717, 1.165) is 27.3 Å². The molecule has 84 valence electrons. The van der Waals surface area contributed by atoms with Crippen molar-refractivity contribution in [3.8, 4) is 0 Å². The van der Waals surface area contributed by atoms with Gasteiger partial charge in [0.2, 0.25) is 0 Å². The third kappa shape index (κ3) is 3.39. The zero-order valence-electron chi connectivity index (χ0n) is 8.45. The van der Waals surface area contributed by atoms with Crippen LogP contribution in [0.1, 0.15) is 11.3 Å². The summed E-state index contributed by atoms with van der Waals surface area (Å²) < 4.78 is 19.1. The minimum absolute atomic E-state index is 0.206. The molecule has 0 atom stereocenters. The zero-order chi connectivity index (χ0) is 11.4. The molecule has 0 radical (unpaired) electrons. The van der Waals surface area contributed by atoms with E-state index >= 15 is 0 Å². The summed E-state index contributed by atoms with van der Waals surface area (Å²) in [6.45, 7) is 0. The zero-order valence-corrected chi connectivity index (χ0v) is 10.9. The average molecular weight is 301 g/mol. The summed E-state index contributed by atoms with van der Waals surface area (Å²) in [6.07, 6.45) is 1.66. The monoisotopic (exact) mass is 300 g/mol. The van der Waals surface area contributed by atoms with Gasteiger partial charge in [-0.25, -0.2) is 4.39 Å². The van der Waals surface area contributed by atoms with Crippen LogP contribution in [0.25, 0.3) is 0 Å². The predicted octanol–water partition coefficient (Wildman–Crippen LogP) is 4.61. The summed E-state index contributed by atoms with van der Waals surface area (Å²) in [5, 5.41) is 0. The summed E-state index contributed by atoms with van der Waals surface area (Å²) in [4.78, 5) is 0. The Morgan fingerprint density at radius 3 is 2.81 bits per heavy atom. The standard InChI is InChI=1S/C12H10BrFOS/c13-10-4-9(5-11(14)6-10)7-16-8-12-2-1-3-15-12/h1-6H,7-8H2. The highest BCUT2D eigenvalue weighted by molar-refractivity contribution is 9.10. The lowest BCUT2D eigenvalue weighted by atomic mass is 10.2. The second-order valence-electron chi connectivity index (χ2n) is 3.35. The molecule has 0 saturated heterocycles. The van der Waals surface area contributed by atoms with Gasteiger partial charge in [-0.05, 0) is 35.9 Å². The third-order valence-electron chi connectivity index (χ3n) is 2.02. The number of thioether (sulfide) groups is 1. The summed E-state index contributed by atoms with van der Waals surface area (Å²) in [5.41, 5.74) is 0.975. The molecule has 4 heteroatoms. The van der Waals surface area contributed by atoms with Crippen molar-refractivity contribution in [2.75, 3.05) is 0 Å². The molecule has 0 spiro atoms. The largest absolute Gasteiger partial charge is 0.468 e. The fourth-order valence-corrected chi connectivity index (χ4v) is 2.74. The van der Waals surface area contributed by atoms with E-state index in [-0.39, 0.29) is 5.82 Å². The van der Waals surface area contributed by atoms with E-state index in [2.05, 4.69) is 15.9 Å². The van der Waals surface area contributed by atoms with Gasteiger partial charge in [-0.1, -0.05) is 15.9 Å². The Bertz CT molecular complexity index is 436. The first-order valence-electron chi connectivity index (χ1n) is 4.79. The van der Waals surface area contributed by atoms with Crippen LogP contribution < -0.4 is 0 Å². The van der Waals surface area contributed by atoms with Gasteiger partial charge in [0.05, 0.1) is 12.0 Å². The molecule has 0 saturated carbocycles. The van der Waals surface area contributed by atoms with Crippen LogP contribution >= 0.6 is 27.7 Å². The molecule has 0 bridgehead atoms. The van der Waals surface area contributed by atoms with E-state index in [1.54, 1.807) is 24.1 Å². The summed E-state index contributed by atoms with van der Waals surface area (Å²) in [7, 11) is 0. The van der Waals surface area contributed by atoms with Crippen molar-refractivity contribution in [3.05, 3.63) is 58.2 Å². The van der Waals surface area contributed by atoms with Crippen LogP contribution in [0, 0.1) is 5.82 Å². The topological polar surface area (TPSA) is 13.1 Å². The minimum atomic E-state index is -0.206. The Hall–Kier alpha value is -0.740. The van der Waals surface area contributed by atoms with Crippen molar-refractivity contribution >= 4 is 27.7 Å². The Balaban J connectivity index is 1.89. The highest BCUT2D eigenvalue weighted by atomic mass is 79.9. The fourth-order valence-electron chi connectivity index (χ4n) is 1.36. The molecule has 0 aliphatic heterocycles. The Labute approximate surface area is 106 Å². The number of hydrogen-bond donors (Lipinski definition) is 0. The number of furan rings is 1. The van der Waals surface area contributed by atoms with Crippen molar-refractivity contribution in [2.45, 2.75) is 11.5 Å². The first-order valence-corrected chi connectivity index (χ1v) is 6.74. The van der Waals surface area contributed by atoms with E-state index in [4.69, 9.17) is 4.42 Å². The minimum Gasteiger partial charge on any atom is -0.468 e. The first kappa shape index (κ1) is 11.7. The molecule has 0 aliphatic carbocycles. The number of hydrogen-bond acceptors (Lipinski definition) is 2. The van der Waals surface area contributed by atoms with Crippen LogP contribution in [-0.2, 0) is 11.5 Å². The van der Waals surface area contributed by atoms with Crippen LogP contribution in [0.5, 0.6) is 0 Å². The summed E-state index contributed by atoms with van der Waals surface area (Å²) in [5.74, 6) is 2.32. The molecule has 2 aromatic rings. The number of rotatable bonds is 4. The molecule has 0 amide bonds.